The Morgan fingerprint density at radius 1 is 1.21 bits per heavy atom. The molecule has 1 saturated heterocycles. The highest BCUT2D eigenvalue weighted by Gasteiger charge is 2.33. The number of nitrogens with one attached hydrogen (secondary N) is 1. The molecule has 0 unspecified atom stereocenters. The molecule has 0 aliphatic carbocycles. The van der Waals surface area contributed by atoms with Gasteiger partial charge in [0.05, 0.1) is 5.92 Å². The van der Waals surface area contributed by atoms with Gasteiger partial charge in [-0.15, -0.1) is 23.1 Å². The van der Waals surface area contributed by atoms with Crippen molar-refractivity contribution in [3.05, 3.63) is 46.8 Å². The van der Waals surface area contributed by atoms with E-state index in [4.69, 9.17) is 0 Å². The van der Waals surface area contributed by atoms with Gasteiger partial charge < -0.3 is 5.32 Å². The topological polar surface area (TPSA) is 66.5 Å². The summed E-state index contributed by atoms with van der Waals surface area (Å²) < 4.78 is 27.4. The van der Waals surface area contributed by atoms with Crippen LogP contribution in [0.15, 0.2) is 45.5 Å². The van der Waals surface area contributed by atoms with Crippen molar-refractivity contribution in [2.45, 2.75) is 35.8 Å². The Morgan fingerprint density at radius 3 is 2.64 bits per heavy atom. The highest BCUT2D eigenvalue weighted by atomic mass is 32.2. The molecule has 0 radical (unpaired) electrons. The van der Waals surface area contributed by atoms with Gasteiger partial charge in [0.1, 0.15) is 4.21 Å². The first-order valence-corrected chi connectivity index (χ1v) is 12.6. The molecule has 1 atom stereocenters. The van der Waals surface area contributed by atoms with Crippen LogP contribution in [0.25, 0.3) is 0 Å². The number of carbonyl (C=O) groups excluding carboxylic acids is 1. The molecular weight excluding hydrogens is 412 g/mol. The molecule has 2 heterocycles. The van der Waals surface area contributed by atoms with Crippen LogP contribution in [-0.4, -0.2) is 44.0 Å². The number of amides is 1. The molecule has 1 aliphatic heterocycles. The Bertz CT molecular complexity index is 907. The van der Waals surface area contributed by atoms with Crippen LogP contribution in [0.3, 0.4) is 0 Å². The molecule has 2 aromatic rings. The molecule has 1 fully saturated rings. The van der Waals surface area contributed by atoms with E-state index in [0.717, 1.165) is 17.1 Å². The van der Waals surface area contributed by atoms with E-state index in [1.807, 2.05) is 13.0 Å². The molecule has 1 N–H and O–H groups in total. The second-order valence-electron chi connectivity index (χ2n) is 7.02. The minimum absolute atomic E-state index is 0.0493. The first-order valence-electron chi connectivity index (χ1n) is 9.40. The number of rotatable bonds is 7. The predicted molar refractivity (Wildman–Crippen MR) is 115 cm³/mol. The second kappa shape index (κ2) is 9.43. The molecule has 1 amide bonds. The number of piperidine rings is 1. The second-order valence-corrected chi connectivity index (χ2v) is 11.6. The number of thioether (sulfide) groups is 1. The monoisotopic (exact) mass is 438 g/mol. The van der Waals surface area contributed by atoms with Crippen LogP contribution < -0.4 is 5.32 Å². The van der Waals surface area contributed by atoms with E-state index < -0.39 is 10.0 Å². The summed E-state index contributed by atoms with van der Waals surface area (Å²) in [7, 11) is -3.50. The molecule has 5 nitrogen and oxygen atoms in total. The highest BCUT2D eigenvalue weighted by Crippen LogP contribution is 2.28. The molecule has 1 aromatic carbocycles. The van der Waals surface area contributed by atoms with Gasteiger partial charge in [-0.2, -0.15) is 4.31 Å². The van der Waals surface area contributed by atoms with Gasteiger partial charge in [0.2, 0.25) is 5.91 Å². The Balaban J connectivity index is 1.49. The number of thiophene rings is 1. The van der Waals surface area contributed by atoms with Gasteiger partial charge in [0, 0.05) is 35.2 Å². The fourth-order valence-corrected chi connectivity index (χ4v) is 6.90. The van der Waals surface area contributed by atoms with Crippen LogP contribution in [0.1, 0.15) is 23.3 Å². The van der Waals surface area contributed by atoms with Crippen molar-refractivity contribution in [2.24, 2.45) is 5.92 Å². The number of hydrogen-bond acceptors (Lipinski definition) is 5. The number of nitrogens with zero attached hydrogens (tertiary/aromatic N) is 1. The summed E-state index contributed by atoms with van der Waals surface area (Å²) in [5.41, 5.74) is 1.23. The van der Waals surface area contributed by atoms with Crippen molar-refractivity contribution in [3.8, 4) is 0 Å². The van der Waals surface area contributed by atoms with Gasteiger partial charge in [-0.05, 0) is 51.0 Å². The van der Waals surface area contributed by atoms with Gasteiger partial charge >= 0.3 is 0 Å². The number of sulfonamides is 1. The van der Waals surface area contributed by atoms with Gasteiger partial charge in [0.15, 0.2) is 0 Å². The highest BCUT2D eigenvalue weighted by molar-refractivity contribution is 7.99. The van der Waals surface area contributed by atoms with Crippen LogP contribution in [0.4, 0.5) is 0 Å². The molecular formula is C20H26N2O3S3. The van der Waals surface area contributed by atoms with Crippen molar-refractivity contribution < 1.29 is 13.2 Å². The fraction of sp³-hybridized carbons (Fsp3) is 0.450. The molecule has 8 heteroatoms. The van der Waals surface area contributed by atoms with Gasteiger partial charge in [-0.3, -0.25) is 4.79 Å². The Hall–Kier alpha value is -1.35. The van der Waals surface area contributed by atoms with Crippen LogP contribution in [-0.2, 0) is 14.8 Å². The van der Waals surface area contributed by atoms with E-state index in [0.29, 0.717) is 23.7 Å². The first-order chi connectivity index (χ1) is 13.4. The molecule has 152 valence electrons. The predicted octanol–water partition coefficient (Wildman–Crippen LogP) is 3.67. The molecule has 0 bridgehead atoms. The molecule has 28 heavy (non-hydrogen) atoms. The average molecular weight is 439 g/mol. The first kappa shape index (κ1) is 21.4. The van der Waals surface area contributed by atoms with E-state index in [1.165, 1.54) is 26.1 Å². The van der Waals surface area contributed by atoms with Crippen molar-refractivity contribution in [3.63, 3.8) is 0 Å². The van der Waals surface area contributed by atoms with Crippen molar-refractivity contribution >= 4 is 39.0 Å². The van der Waals surface area contributed by atoms with Crippen LogP contribution in [0.2, 0.25) is 0 Å². The van der Waals surface area contributed by atoms with Gasteiger partial charge in [-0.1, -0.05) is 17.7 Å². The van der Waals surface area contributed by atoms with Crippen LogP contribution in [0.5, 0.6) is 0 Å². The summed E-state index contributed by atoms with van der Waals surface area (Å²) in [4.78, 5) is 14.7. The summed E-state index contributed by atoms with van der Waals surface area (Å²) in [5.74, 6) is 0.457. The SMILES string of the molecule is Cc1ccc(SCCNC(=O)[C@H]2CCCN(S(=O)(=O)c3ccc(C)s3)C2)cc1. The minimum atomic E-state index is -3.50. The third kappa shape index (κ3) is 5.37. The lowest BCUT2D eigenvalue weighted by molar-refractivity contribution is -0.125. The van der Waals surface area contributed by atoms with E-state index in [2.05, 4.69) is 36.5 Å². The maximum atomic E-state index is 12.8. The van der Waals surface area contributed by atoms with E-state index in [-0.39, 0.29) is 18.4 Å². The van der Waals surface area contributed by atoms with E-state index >= 15 is 0 Å². The number of carbonyl (C=O) groups is 1. The molecule has 0 saturated carbocycles. The quantitative estimate of drug-likeness (QED) is 0.529. The lowest BCUT2D eigenvalue weighted by atomic mass is 9.99. The smallest absolute Gasteiger partial charge is 0.252 e. The van der Waals surface area contributed by atoms with Gasteiger partial charge in [-0.25, -0.2) is 8.42 Å². The summed E-state index contributed by atoms with van der Waals surface area (Å²) in [6.45, 7) is 5.26. The maximum absolute atomic E-state index is 12.8. The normalized spacial score (nSPS) is 18.1. The lowest BCUT2D eigenvalue weighted by Crippen LogP contribution is -2.45. The zero-order valence-corrected chi connectivity index (χ0v) is 18.6. The number of benzene rings is 1. The summed E-state index contributed by atoms with van der Waals surface area (Å²) in [6, 6.07) is 11.8. The largest absolute Gasteiger partial charge is 0.355 e. The fourth-order valence-electron chi connectivity index (χ4n) is 3.17. The van der Waals surface area contributed by atoms with Gasteiger partial charge in [0.25, 0.3) is 10.0 Å². The third-order valence-electron chi connectivity index (χ3n) is 4.76. The Kier molecular flexibility index (Phi) is 7.20. The molecule has 1 aliphatic rings. The van der Waals surface area contributed by atoms with Crippen molar-refractivity contribution in [2.75, 3.05) is 25.4 Å². The van der Waals surface area contributed by atoms with Crippen molar-refractivity contribution in [1.82, 2.24) is 9.62 Å². The third-order valence-corrected chi connectivity index (χ3v) is 9.10. The Labute approximate surface area is 175 Å². The molecule has 1 aromatic heterocycles. The Morgan fingerprint density at radius 2 is 1.96 bits per heavy atom. The van der Waals surface area contributed by atoms with E-state index in [1.54, 1.807) is 17.8 Å². The summed E-state index contributed by atoms with van der Waals surface area (Å²) in [6.07, 6.45) is 1.44. The molecule has 0 spiro atoms. The zero-order chi connectivity index (χ0) is 20.1. The molecule has 3 rings (SSSR count). The summed E-state index contributed by atoms with van der Waals surface area (Å²) >= 11 is 2.98. The minimum Gasteiger partial charge on any atom is -0.355 e. The number of aryl methyl sites for hydroxylation is 2. The summed E-state index contributed by atoms with van der Waals surface area (Å²) in [5, 5.41) is 2.97. The van der Waals surface area contributed by atoms with Crippen molar-refractivity contribution in [1.29, 1.82) is 0 Å². The standard InChI is InChI=1S/C20H26N2O3S3/c1-15-5-8-18(9-6-15)26-13-11-21-20(23)17-4-3-12-22(14-17)28(24,25)19-10-7-16(2)27-19/h5-10,17H,3-4,11-14H2,1-2H3,(H,21,23)/t17-/m0/s1. The van der Waals surface area contributed by atoms with Crippen LogP contribution >= 0.6 is 23.1 Å². The average Bonchev–Trinajstić information content (AvgIpc) is 3.14. The zero-order valence-electron chi connectivity index (χ0n) is 16.2. The lowest BCUT2D eigenvalue weighted by Gasteiger charge is -2.30. The van der Waals surface area contributed by atoms with E-state index in [9.17, 15) is 13.2 Å². The number of hydrogen-bond donors (Lipinski definition) is 1. The maximum Gasteiger partial charge on any atom is 0.252 e. The van der Waals surface area contributed by atoms with Crippen LogP contribution in [0, 0.1) is 19.8 Å².